The molecule has 0 aliphatic carbocycles. The van der Waals surface area contributed by atoms with Crippen molar-refractivity contribution in [2.24, 2.45) is 0 Å². The highest BCUT2D eigenvalue weighted by molar-refractivity contribution is 7.11. The van der Waals surface area contributed by atoms with Crippen molar-refractivity contribution in [1.82, 2.24) is 4.98 Å². The summed E-state index contributed by atoms with van der Waals surface area (Å²) in [6, 6.07) is 5.07. The number of aromatic nitrogens is 1. The Bertz CT molecular complexity index is 664. The molecule has 2 rings (SSSR count). The van der Waals surface area contributed by atoms with Gasteiger partial charge in [0, 0.05) is 11.3 Å². The topological polar surface area (TPSA) is 50.2 Å². The summed E-state index contributed by atoms with van der Waals surface area (Å²) < 4.78 is 37.9. The lowest BCUT2D eigenvalue weighted by molar-refractivity contribution is -0.138. The van der Waals surface area contributed by atoms with E-state index in [1.165, 1.54) is 17.4 Å². The lowest BCUT2D eigenvalue weighted by Crippen LogP contribution is -2.05. The lowest BCUT2D eigenvalue weighted by atomic mass is 10.1. The monoisotopic (exact) mass is 315 g/mol. The molecule has 1 N–H and O–H groups in total. The maximum Gasteiger partial charge on any atom is 0.416 e. The number of hydrogen-bond donors (Lipinski definition) is 1. The van der Waals surface area contributed by atoms with Crippen molar-refractivity contribution in [3.8, 4) is 0 Å². The number of carboxylic acids is 1. The largest absolute Gasteiger partial charge is 0.481 e. The van der Waals surface area contributed by atoms with Crippen LogP contribution in [0, 0.1) is 6.92 Å². The number of nitrogens with zero attached hydrogens (tertiary/aromatic N) is 1. The molecule has 1 aromatic carbocycles. The van der Waals surface area contributed by atoms with E-state index in [1.807, 2.05) is 0 Å². The van der Waals surface area contributed by atoms with Gasteiger partial charge in [0.15, 0.2) is 0 Å². The molecule has 21 heavy (non-hydrogen) atoms. The van der Waals surface area contributed by atoms with E-state index in [0.717, 1.165) is 12.1 Å². The van der Waals surface area contributed by atoms with Crippen LogP contribution in [0.15, 0.2) is 24.3 Å². The summed E-state index contributed by atoms with van der Waals surface area (Å²) in [6.45, 7) is 1.70. The molecule has 2 aromatic rings. The maximum atomic E-state index is 12.6. The van der Waals surface area contributed by atoms with Gasteiger partial charge in [0.25, 0.3) is 0 Å². The number of carbonyl (C=O) groups is 1. The zero-order valence-corrected chi connectivity index (χ0v) is 11.9. The van der Waals surface area contributed by atoms with Crippen LogP contribution in [0.3, 0.4) is 0 Å². The Morgan fingerprint density at radius 2 is 2.10 bits per heavy atom. The van der Waals surface area contributed by atoms with Crippen LogP contribution >= 0.6 is 11.3 Å². The number of halogens is 3. The molecule has 0 unspecified atom stereocenters. The van der Waals surface area contributed by atoms with Gasteiger partial charge < -0.3 is 5.11 Å². The molecule has 1 aromatic heterocycles. The van der Waals surface area contributed by atoms with Crippen LogP contribution < -0.4 is 0 Å². The van der Waals surface area contributed by atoms with Crippen molar-refractivity contribution in [2.75, 3.05) is 0 Å². The third-order valence-corrected chi connectivity index (χ3v) is 4.02. The lowest BCUT2D eigenvalue weighted by Gasteiger charge is -2.07. The highest BCUT2D eigenvalue weighted by atomic mass is 32.1. The second-order valence-corrected chi connectivity index (χ2v) is 5.73. The minimum Gasteiger partial charge on any atom is -0.481 e. The van der Waals surface area contributed by atoms with Crippen LogP contribution in [0.5, 0.6) is 0 Å². The molecule has 3 nitrogen and oxygen atoms in total. The Balaban J connectivity index is 2.21. The average molecular weight is 315 g/mol. The average Bonchev–Trinajstić information content (AvgIpc) is 2.68. The normalized spacial score (nSPS) is 11.6. The SMILES string of the molecule is Cc1nc(Cc2cccc(C(F)(F)F)c2)sc1CC(=O)O. The Kier molecular flexibility index (Phi) is 4.32. The summed E-state index contributed by atoms with van der Waals surface area (Å²) in [5.74, 6) is -0.952. The van der Waals surface area contributed by atoms with Gasteiger partial charge in [-0.05, 0) is 18.6 Å². The molecule has 0 aliphatic rings. The summed E-state index contributed by atoms with van der Waals surface area (Å²) in [5.41, 5.74) is 0.420. The van der Waals surface area contributed by atoms with E-state index < -0.39 is 17.7 Å². The molecular weight excluding hydrogens is 303 g/mol. The molecule has 0 saturated heterocycles. The third kappa shape index (κ3) is 4.04. The van der Waals surface area contributed by atoms with Gasteiger partial charge in [-0.25, -0.2) is 4.98 Å². The molecule has 7 heteroatoms. The van der Waals surface area contributed by atoms with Gasteiger partial charge in [0.1, 0.15) is 0 Å². The predicted molar refractivity (Wildman–Crippen MR) is 72.4 cm³/mol. The number of aliphatic carboxylic acids is 1. The Labute approximate surface area is 123 Å². The molecule has 112 valence electrons. The molecule has 0 aliphatic heterocycles. The standard InChI is InChI=1S/C14H12F3NO2S/c1-8-11(7-13(19)20)21-12(18-8)6-9-3-2-4-10(5-9)14(15,16)17/h2-5H,6-7H2,1H3,(H,19,20). The van der Waals surface area contributed by atoms with Crippen molar-refractivity contribution >= 4 is 17.3 Å². The molecule has 1 heterocycles. The van der Waals surface area contributed by atoms with E-state index in [2.05, 4.69) is 4.98 Å². The van der Waals surface area contributed by atoms with Gasteiger partial charge in [-0.2, -0.15) is 13.2 Å². The number of carboxylic acid groups (broad SMARTS) is 1. The Morgan fingerprint density at radius 3 is 2.71 bits per heavy atom. The molecule has 0 saturated carbocycles. The first-order chi connectivity index (χ1) is 9.75. The van der Waals surface area contributed by atoms with E-state index in [1.54, 1.807) is 13.0 Å². The van der Waals surface area contributed by atoms with E-state index >= 15 is 0 Å². The van der Waals surface area contributed by atoms with E-state index in [-0.39, 0.29) is 12.8 Å². The number of benzene rings is 1. The summed E-state index contributed by atoms with van der Waals surface area (Å²) >= 11 is 1.22. The van der Waals surface area contributed by atoms with Crippen molar-refractivity contribution < 1.29 is 23.1 Å². The second kappa shape index (κ2) is 5.85. The zero-order valence-electron chi connectivity index (χ0n) is 11.1. The molecular formula is C14H12F3NO2S. The minimum absolute atomic E-state index is 0.119. The number of hydrogen-bond acceptors (Lipinski definition) is 3. The van der Waals surface area contributed by atoms with Crippen molar-refractivity contribution in [1.29, 1.82) is 0 Å². The fraction of sp³-hybridized carbons (Fsp3) is 0.286. The van der Waals surface area contributed by atoms with Gasteiger partial charge in [-0.15, -0.1) is 11.3 Å². The third-order valence-electron chi connectivity index (χ3n) is 2.86. The first kappa shape index (κ1) is 15.5. The van der Waals surface area contributed by atoms with Crippen molar-refractivity contribution in [3.05, 3.63) is 51.0 Å². The molecule has 0 atom stereocenters. The number of aryl methyl sites for hydroxylation is 1. The molecule has 0 fully saturated rings. The quantitative estimate of drug-likeness (QED) is 0.936. The van der Waals surface area contributed by atoms with Crippen LogP contribution in [-0.4, -0.2) is 16.1 Å². The van der Waals surface area contributed by atoms with Crippen LogP contribution in [0.4, 0.5) is 13.2 Å². The van der Waals surface area contributed by atoms with Gasteiger partial charge in [-0.3, -0.25) is 4.79 Å². The van der Waals surface area contributed by atoms with Crippen LogP contribution in [0.1, 0.15) is 26.7 Å². The van der Waals surface area contributed by atoms with Crippen LogP contribution in [0.2, 0.25) is 0 Å². The molecule has 0 amide bonds. The van der Waals surface area contributed by atoms with Crippen molar-refractivity contribution in [2.45, 2.75) is 25.9 Å². The molecule has 0 radical (unpaired) electrons. The van der Waals surface area contributed by atoms with Gasteiger partial charge in [0.05, 0.1) is 22.7 Å². The van der Waals surface area contributed by atoms with E-state index in [0.29, 0.717) is 21.1 Å². The van der Waals surface area contributed by atoms with E-state index in [4.69, 9.17) is 5.11 Å². The molecule has 0 spiro atoms. The Morgan fingerprint density at radius 1 is 1.38 bits per heavy atom. The summed E-state index contributed by atoms with van der Waals surface area (Å²) in [6.07, 6.45) is -4.23. The van der Waals surface area contributed by atoms with Gasteiger partial charge in [-0.1, -0.05) is 18.2 Å². The first-order valence-corrected chi connectivity index (χ1v) is 6.90. The van der Waals surface area contributed by atoms with Crippen molar-refractivity contribution in [3.63, 3.8) is 0 Å². The summed E-state index contributed by atoms with van der Waals surface area (Å²) in [7, 11) is 0. The Hall–Kier alpha value is -1.89. The smallest absolute Gasteiger partial charge is 0.416 e. The maximum absolute atomic E-state index is 12.6. The minimum atomic E-state index is -4.37. The first-order valence-electron chi connectivity index (χ1n) is 6.09. The van der Waals surface area contributed by atoms with E-state index in [9.17, 15) is 18.0 Å². The zero-order chi connectivity index (χ0) is 15.6. The number of alkyl halides is 3. The van der Waals surface area contributed by atoms with Gasteiger partial charge in [0.2, 0.25) is 0 Å². The summed E-state index contributed by atoms with van der Waals surface area (Å²) in [4.78, 5) is 15.6. The molecule has 0 bridgehead atoms. The fourth-order valence-electron chi connectivity index (χ4n) is 1.90. The van der Waals surface area contributed by atoms with Crippen LogP contribution in [-0.2, 0) is 23.8 Å². The highest BCUT2D eigenvalue weighted by Gasteiger charge is 2.30. The fourth-order valence-corrected chi connectivity index (χ4v) is 2.99. The van der Waals surface area contributed by atoms with Crippen LogP contribution in [0.25, 0.3) is 0 Å². The second-order valence-electron chi connectivity index (χ2n) is 4.56. The number of thiazole rings is 1. The number of rotatable bonds is 4. The predicted octanol–water partition coefficient (Wildman–Crippen LogP) is 3.69. The summed E-state index contributed by atoms with van der Waals surface area (Å²) in [5, 5.41) is 9.38. The highest BCUT2D eigenvalue weighted by Crippen LogP contribution is 2.30. The van der Waals surface area contributed by atoms with Gasteiger partial charge >= 0.3 is 12.1 Å².